The number of ether oxygens (including phenoxy) is 2. The van der Waals surface area contributed by atoms with Crippen molar-refractivity contribution in [2.24, 2.45) is 0 Å². The molecule has 1 atom stereocenters. The van der Waals surface area contributed by atoms with Gasteiger partial charge in [0.05, 0.1) is 18.8 Å². The van der Waals surface area contributed by atoms with E-state index >= 15 is 0 Å². The van der Waals surface area contributed by atoms with Crippen LogP contribution in [-0.2, 0) is 11.3 Å². The van der Waals surface area contributed by atoms with Crippen molar-refractivity contribution in [3.8, 4) is 17.0 Å². The van der Waals surface area contributed by atoms with Crippen molar-refractivity contribution in [3.63, 3.8) is 0 Å². The molecular formula is C18H16ClF2N3O2. The Balaban J connectivity index is 1.79. The van der Waals surface area contributed by atoms with Crippen molar-refractivity contribution in [3.05, 3.63) is 53.8 Å². The zero-order valence-corrected chi connectivity index (χ0v) is 14.4. The third kappa shape index (κ3) is 3.73. The van der Waals surface area contributed by atoms with Crippen LogP contribution in [0.25, 0.3) is 11.3 Å². The Morgan fingerprint density at radius 1 is 1.35 bits per heavy atom. The summed E-state index contributed by atoms with van der Waals surface area (Å²) in [5, 5.41) is 5.02. The highest BCUT2D eigenvalue weighted by atomic mass is 35.5. The molecule has 0 radical (unpaired) electrons. The number of allylic oxidation sites excluding steroid dienone is 2. The summed E-state index contributed by atoms with van der Waals surface area (Å²) in [7, 11) is 0. The van der Waals surface area contributed by atoms with Crippen molar-refractivity contribution < 1.29 is 18.3 Å². The zero-order chi connectivity index (χ0) is 18.1. The van der Waals surface area contributed by atoms with Gasteiger partial charge in [-0.2, -0.15) is 13.9 Å². The summed E-state index contributed by atoms with van der Waals surface area (Å²) in [6, 6.07) is 4.54. The second kappa shape index (κ2) is 7.09. The second-order valence-electron chi connectivity index (χ2n) is 5.98. The van der Waals surface area contributed by atoms with E-state index in [0.717, 1.165) is 5.69 Å². The molecule has 0 bridgehead atoms. The number of aromatic nitrogens is 2. The first-order valence-corrected chi connectivity index (χ1v) is 8.52. The first-order valence-electron chi connectivity index (χ1n) is 8.14. The number of halogens is 3. The molecule has 1 fully saturated rings. The van der Waals surface area contributed by atoms with Crippen LogP contribution in [0, 0.1) is 0 Å². The molecule has 1 saturated heterocycles. The predicted molar refractivity (Wildman–Crippen MR) is 94.7 cm³/mol. The van der Waals surface area contributed by atoms with Crippen molar-refractivity contribution in [2.45, 2.75) is 19.3 Å². The van der Waals surface area contributed by atoms with Crippen molar-refractivity contribution >= 4 is 17.3 Å². The summed E-state index contributed by atoms with van der Waals surface area (Å²) in [6.07, 6.45) is 9.79. The number of hydrogen-bond donors (Lipinski definition) is 0. The fourth-order valence-corrected chi connectivity index (χ4v) is 2.99. The first kappa shape index (κ1) is 17.1. The summed E-state index contributed by atoms with van der Waals surface area (Å²) >= 11 is 6.11. The number of nitrogens with zero attached hydrogens (tertiary/aromatic N) is 3. The number of alkyl halides is 2. The van der Waals surface area contributed by atoms with Gasteiger partial charge >= 0.3 is 6.61 Å². The van der Waals surface area contributed by atoms with Crippen molar-refractivity contribution in [1.82, 2.24) is 9.78 Å². The minimum absolute atomic E-state index is 0.0371. The van der Waals surface area contributed by atoms with Crippen molar-refractivity contribution in [2.75, 3.05) is 18.1 Å². The minimum atomic E-state index is -2.93. The van der Waals surface area contributed by atoms with Gasteiger partial charge in [-0.25, -0.2) is 0 Å². The molecule has 5 nitrogen and oxygen atoms in total. The average Bonchev–Trinajstić information content (AvgIpc) is 3.34. The monoisotopic (exact) mass is 379 g/mol. The maximum atomic E-state index is 12.8. The molecule has 0 spiro atoms. The summed E-state index contributed by atoms with van der Waals surface area (Å²) in [5.41, 5.74) is 1.74. The lowest BCUT2D eigenvalue weighted by molar-refractivity contribution is -0.0494. The van der Waals surface area contributed by atoms with Gasteiger partial charge in [0, 0.05) is 29.5 Å². The van der Waals surface area contributed by atoms with Crippen LogP contribution in [-0.4, -0.2) is 35.6 Å². The average molecular weight is 380 g/mol. The van der Waals surface area contributed by atoms with Gasteiger partial charge in [-0.15, -0.1) is 0 Å². The topological polar surface area (TPSA) is 42.8 Å². The van der Waals surface area contributed by atoms with E-state index in [4.69, 9.17) is 16.3 Å². The van der Waals surface area contributed by atoms with Crippen LogP contribution in [0.3, 0.4) is 0 Å². The SMILES string of the molecule is FC(F)Oc1ccc(Cl)cc1-c1nn(CC2CO2)cc1N1C=CC=CC1. The van der Waals surface area contributed by atoms with E-state index in [2.05, 4.69) is 9.84 Å². The largest absolute Gasteiger partial charge is 0.434 e. The lowest BCUT2D eigenvalue weighted by atomic mass is 10.1. The molecule has 0 amide bonds. The van der Waals surface area contributed by atoms with Gasteiger partial charge < -0.3 is 14.4 Å². The van der Waals surface area contributed by atoms with Gasteiger partial charge in [0.15, 0.2) is 0 Å². The lowest BCUT2D eigenvalue weighted by Crippen LogP contribution is -2.17. The van der Waals surface area contributed by atoms with E-state index in [1.807, 2.05) is 35.5 Å². The third-order valence-electron chi connectivity index (χ3n) is 4.07. The Kier molecular flexibility index (Phi) is 4.65. The van der Waals surface area contributed by atoms with Gasteiger partial charge in [0.25, 0.3) is 0 Å². The Bertz CT molecular complexity index is 862. The highest BCUT2D eigenvalue weighted by molar-refractivity contribution is 6.31. The fourth-order valence-electron chi connectivity index (χ4n) is 2.82. The molecule has 3 heterocycles. The molecule has 0 saturated carbocycles. The van der Waals surface area contributed by atoms with E-state index in [0.29, 0.717) is 36.0 Å². The Morgan fingerprint density at radius 2 is 2.19 bits per heavy atom. The van der Waals surface area contributed by atoms with E-state index in [1.54, 1.807) is 10.7 Å². The third-order valence-corrected chi connectivity index (χ3v) is 4.31. The number of benzene rings is 1. The zero-order valence-electron chi connectivity index (χ0n) is 13.7. The number of epoxide rings is 1. The van der Waals surface area contributed by atoms with Crippen LogP contribution < -0.4 is 9.64 Å². The van der Waals surface area contributed by atoms with Crippen LogP contribution in [0.15, 0.2) is 48.8 Å². The van der Waals surface area contributed by atoms with E-state index in [-0.39, 0.29) is 11.9 Å². The Hall–Kier alpha value is -2.38. The van der Waals surface area contributed by atoms with Gasteiger partial charge in [-0.3, -0.25) is 4.68 Å². The maximum absolute atomic E-state index is 12.8. The summed E-state index contributed by atoms with van der Waals surface area (Å²) < 4.78 is 37.4. The quantitative estimate of drug-likeness (QED) is 0.709. The van der Waals surface area contributed by atoms with Crippen LogP contribution in [0.5, 0.6) is 5.75 Å². The molecule has 2 aliphatic rings. The van der Waals surface area contributed by atoms with Crippen LogP contribution in [0.4, 0.5) is 14.5 Å². The Labute approximate surface area is 154 Å². The normalized spacial score (nSPS) is 18.6. The van der Waals surface area contributed by atoms with E-state index < -0.39 is 6.61 Å². The maximum Gasteiger partial charge on any atom is 0.387 e. The smallest absolute Gasteiger partial charge is 0.387 e. The highest BCUT2D eigenvalue weighted by Crippen LogP contribution is 2.39. The molecule has 2 aromatic rings. The number of rotatable bonds is 6. The summed E-state index contributed by atoms with van der Waals surface area (Å²) in [6.45, 7) is -0.973. The van der Waals surface area contributed by atoms with Gasteiger partial charge in [-0.05, 0) is 24.3 Å². The molecule has 0 N–H and O–H groups in total. The Morgan fingerprint density at radius 3 is 2.88 bits per heavy atom. The van der Waals surface area contributed by atoms with Crippen LogP contribution in [0.2, 0.25) is 5.02 Å². The standard InChI is InChI=1S/C18H16ClF2N3O2/c19-12-4-5-16(26-18(20)21)14(8-12)17-15(23-6-2-1-3-7-23)10-24(22-17)9-13-11-25-13/h1-6,8,10,13,18H,7,9,11H2. The van der Waals surface area contributed by atoms with Crippen LogP contribution in [0.1, 0.15) is 0 Å². The van der Waals surface area contributed by atoms with Gasteiger partial charge in [0.2, 0.25) is 0 Å². The second-order valence-corrected chi connectivity index (χ2v) is 6.42. The molecule has 136 valence electrons. The molecule has 1 aromatic carbocycles. The molecule has 1 unspecified atom stereocenters. The number of hydrogen-bond acceptors (Lipinski definition) is 4. The minimum Gasteiger partial charge on any atom is -0.434 e. The predicted octanol–water partition coefficient (Wildman–Crippen LogP) is 4.09. The molecule has 4 rings (SSSR count). The molecule has 1 aromatic heterocycles. The van der Waals surface area contributed by atoms with Crippen molar-refractivity contribution in [1.29, 1.82) is 0 Å². The van der Waals surface area contributed by atoms with Crippen LogP contribution >= 0.6 is 11.6 Å². The molecular weight excluding hydrogens is 364 g/mol. The fraction of sp³-hybridized carbons (Fsp3) is 0.278. The summed E-state index contributed by atoms with van der Waals surface area (Å²) in [4.78, 5) is 1.99. The number of anilines is 1. The lowest BCUT2D eigenvalue weighted by Gasteiger charge is -2.20. The van der Waals surface area contributed by atoms with Gasteiger partial charge in [-0.1, -0.05) is 23.8 Å². The molecule has 8 heteroatoms. The molecule has 0 aliphatic carbocycles. The van der Waals surface area contributed by atoms with E-state index in [1.165, 1.54) is 12.1 Å². The first-order chi connectivity index (χ1) is 12.6. The summed E-state index contributed by atoms with van der Waals surface area (Å²) in [5.74, 6) is 0.0371. The highest BCUT2D eigenvalue weighted by Gasteiger charge is 2.26. The van der Waals surface area contributed by atoms with Gasteiger partial charge in [0.1, 0.15) is 17.5 Å². The molecule has 2 aliphatic heterocycles. The molecule has 26 heavy (non-hydrogen) atoms. The van der Waals surface area contributed by atoms with E-state index in [9.17, 15) is 8.78 Å².